The lowest BCUT2D eigenvalue weighted by Crippen LogP contribution is -1.86. The lowest BCUT2D eigenvalue weighted by Gasteiger charge is -2.02. The Balaban J connectivity index is 2.15. The lowest BCUT2D eigenvalue weighted by atomic mass is 10.0. The fourth-order valence-corrected chi connectivity index (χ4v) is 2.05. The number of H-pyrrole nitrogens is 1. The Labute approximate surface area is 104 Å². The van der Waals surface area contributed by atoms with Gasteiger partial charge in [0.1, 0.15) is 0 Å². The van der Waals surface area contributed by atoms with E-state index in [1.165, 1.54) is 0 Å². The Kier molecular flexibility index (Phi) is 2.57. The predicted octanol–water partition coefficient (Wildman–Crippen LogP) is 3.37. The zero-order valence-electron chi connectivity index (χ0n) is 9.59. The predicted molar refractivity (Wildman–Crippen MR) is 70.4 cm³/mol. The van der Waals surface area contributed by atoms with E-state index < -0.39 is 0 Å². The Bertz CT molecular complexity index is 686. The molecule has 1 N–H and O–H groups in total. The maximum Gasteiger partial charge on any atom is 0.298 e. The van der Waals surface area contributed by atoms with Crippen molar-refractivity contribution in [3.8, 4) is 16.9 Å². The fraction of sp³-hybridized carbons (Fsp3) is 0. The summed E-state index contributed by atoms with van der Waals surface area (Å²) in [6.07, 6.45) is 1.69. The van der Waals surface area contributed by atoms with Gasteiger partial charge in [-0.1, -0.05) is 36.4 Å². The SMILES string of the molecule is O=COc1c[nH]c2ccc(-c3ccccc3)cc12. The maximum atomic E-state index is 10.4. The van der Waals surface area contributed by atoms with E-state index >= 15 is 0 Å². The van der Waals surface area contributed by atoms with E-state index in [4.69, 9.17) is 4.74 Å². The second-order valence-electron chi connectivity index (χ2n) is 3.99. The van der Waals surface area contributed by atoms with Crippen LogP contribution < -0.4 is 4.74 Å². The number of aromatic nitrogens is 1. The summed E-state index contributed by atoms with van der Waals surface area (Å²) in [5, 5.41) is 0.906. The van der Waals surface area contributed by atoms with Gasteiger partial charge in [0, 0.05) is 17.1 Å². The van der Waals surface area contributed by atoms with Crippen LogP contribution in [0, 0.1) is 0 Å². The minimum atomic E-state index is 0.442. The highest BCUT2D eigenvalue weighted by molar-refractivity contribution is 5.91. The molecule has 0 bridgehead atoms. The molecule has 3 rings (SSSR count). The van der Waals surface area contributed by atoms with Crippen molar-refractivity contribution < 1.29 is 9.53 Å². The van der Waals surface area contributed by atoms with Crippen LogP contribution in [-0.2, 0) is 4.79 Å². The maximum absolute atomic E-state index is 10.4. The summed E-state index contributed by atoms with van der Waals surface area (Å²) in [6.45, 7) is 0.442. The first-order chi connectivity index (χ1) is 8.88. The monoisotopic (exact) mass is 237 g/mol. The third-order valence-corrected chi connectivity index (χ3v) is 2.93. The summed E-state index contributed by atoms with van der Waals surface area (Å²) >= 11 is 0. The van der Waals surface area contributed by atoms with Crippen molar-refractivity contribution in [1.82, 2.24) is 4.98 Å². The number of benzene rings is 2. The topological polar surface area (TPSA) is 42.1 Å². The molecule has 3 heteroatoms. The molecule has 0 fully saturated rings. The standard InChI is InChI=1S/C15H11NO2/c17-10-18-15-9-16-14-7-6-12(8-13(14)15)11-4-2-1-3-5-11/h1-10,16H. The molecule has 1 heterocycles. The molecule has 0 radical (unpaired) electrons. The molecular weight excluding hydrogens is 226 g/mol. The Hall–Kier alpha value is -2.55. The molecule has 0 saturated carbocycles. The fourth-order valence-electron chi connectivity index (χ4n) is 2.05. The van der Waals surface area contributed by atoms with Gasteiger partial charge >= 0.3 is 0 Å². The van der Waals surface area contributed by atoms with Crippen molar-refractivity contribution in [1.29, 1.82) is 0 Å². The van der Waals surface area contributed by atoms with Gasteiger partial charge in [-0.3, -0.25) is 4.79 Å². The van der Waals surface area contributed by atoms with Gasteiger partial charge < -0.3 is 9.72 Å². The lowest BCUT2D eigenvalue weighted by molar-refractivity contribution is -0.120. The van der Waals surface area contributed by atoms with Crippen molar-refractivity contribution in [2.75, 3.05) is 0 Å². The molecule has 0 aliphatic heterocycles. The molecule has 2 aromatic carbocycles. The van der Waals surface area contributed by atoms with Crippen LogP contribution >= 0.6 is 0 Å². The first-order valence-electron chi connectivity index (χ1n) is 5.65. The van der Waals surface area contributed by atoms with Crippen LogP contribution in [-0.4, -0.2) is 11.5 Å². The third kappa shape index (κ3) is 1.76. The second kappa shape index (κ2) is 4.37. The molecule has 0 aliphatic carbocycles. The molecule has 0 atom stereocenters. The largest absolute Gasteiger partial charge is 0.426 e. The highest BCUT2D eigenvalue weighted by Crippen LogP contribution is 2.29. The molecule has 0 spiro atoms. The highest BCUT2D eigenvalue weighted by Gasteiger charge is 2.06. The molecule has 1 aromatic heterocycles. The van der Waals surface area contributed by atoms with Gasteiger partial charge in [0.25, 0.3) is 6.47 Å². The quantitative estimate of drug-likeness (QED) is 0.709. The van der Waals surface area contributed by atoms with Gasteiger partial charge in [0.2, 0.25) is 0 Å². The molecule has 18 heavy (non-hydrogen) atoms. The van der Waals surface area contributed by atoms with Crippen LogP contribution in [0.5, 0.6) is 5.75 Å². The summed E-state index contributed by atoms with van der Waals surface area (Å²) in [5.41, 5.74) is 3.18. The van der Waals surface area contributed by atoms with Crippen LogP contribution in [0.3, 0.4) is 0 Å². The molecule has 0 saturated heterocycles. The van der Waals surface area contributed by atoms with Gasteiger partial charge in [-0.2, -0.15) is 0 Å². The number of fused-ring (bicyclic) bond motifs is 1. The van der Waals surface area contributed by atoms with Gasteiger partial charge in [-0.25, -0.2) is 0 Å². The second-order valence-corrected chi connectivity index (χ2v) is 3.99. The Morgan fingerprint density at radius 2 is 1.83 bits per heavy atom. The number of hydrogen-bond donors (Lipinski definition) is 1. The van der Waals surface area contributed by atoms with Crippen LogP contribution in [0.15, 0.2) is 54.7 Å². The summed E-state index contributed by atoms with van der Waals surface area (Å²) in [5.74, 6) is 0.554. The van der Waals surface area contributed by atoms with E-state index in [1.807, 2.05) is 48.5 Å². The summed E-state index contributed by atoms with van der Waals surface area (Å²) in [7, 11) is 0. The third-order valence-electron chi connectivity index (χ3n) is 2.93. The van der Waals surface area contributed by atoms with Crippen LogP contribution in [0.4, 0.5) is 0 Å². The number of nitrogens with one attached hydrogen (secondary N) is 1. The number of aromatic amines is 1. The summed E-state index contributed by atoms with van der Waals surface area (Å²) in [6, 6.07) is 16.1. The number of carbonyl (C=O) groups excluding carboxylic acids is 1. The number of ether oxygens (including phenoxy) is 1. The van der Waals surface area contributed by atoms with E-state index in [2.05, 4.69) is 4.98 Å². The van der Waals surface area contributed by atoms with Crippen LogP contribution in [0.2, 0.25) is 0 Å². The Morgan fingerprint density at radius 3 is 2.61 bits per heavy atom. The van der Waals surface area contributed by atoms with Crippen LogP contribution in [0.1, 0.15) is 0 Å². The number of hydrogen-bond acceptors (Lipinski definition) is 2. The van der Waals surface area contributed by atoms with E-state index in [9.17, 15) is 4.79 Å². The zero-order valence-corrected chi connectivity index (χ0v) is 9.59. The van der Waals surface area contributed by atoms with Crippen molar-refractivity contribution >= 4 is 17.4 Å². The van der Waals surface area contributed by atoms with Crippen LogP contribution in [0.25, 0.3) is 22.0 Å². The molecular formula is C15H11NO2. The minimum Gasteiger partial charge on any atom is -0.426 e. The van der Waals surface area contributed by atoms with Gasteiger partial charge in [-0.05, 0) is 23.3 Å². The normalized spacial score (nSPS) is 10.4. The average molecular weight is 237 g/mol. The van der Waals surface area contributed by atoms with E-state index in [-0.39, 0.29) is 0 Å². The van der Waals surface area contributed by atoms with Crippen molar-refractivity contribution in [3.05, 3.63) is 54.7 Å². The number of carbonyl (C=O) groups is 1. The summed E-state index contributed by atoms with van der Waals surface area (Å²) in [4.78, 5) is 13.5. The highest BCUT2D eigenvalue weighted by atomic mass is 16.5. The first-order valence-corrected chi connectivity index (χ1v) is 5.65. The zero-order chi connectivity index (χ0) is 12.4. The van der Waals surface area contributed by atoms with Gasteiger partial charge in [0.05, 0.1) is 0 Å². The minimum absolute atomic E-state index is 0.442. The summed E-state index contributed by atoms with van der Waals surface area (Å²) < 4.78 is 4.94. The first kappa shape index (κ1) is 10.6. The van der Waals surface area contributed by atoms with Crippen molar-refractivity contribution in [2.45, 2.75) is 0 Å². The molecule has 3 aromatic rings. The molecule has 0 aliphatic rings. The van der Waals surface area contributed by atoms with E-state index in [0.717, 1.165) is 22.0 Å². The molecule has 0 amide bonds. The van der Waals surface area contributed by atoms with Gasteiger partial charge in [0.15, 0.2) is 5.75 Å². The molecule has 0 unspecified atom stereocenters. The van der Waals surface area contributed by atoms with Crippen molar-refractivity contribution in [2.24, 2.45) is 0 Å². The Morgan fingerprint density at radius 1 is 1.00 bits per heavy atom. The van der Waals surface area contributed by atoms with E-state index in [0.29, 0.717) is 12.2 Å². The molecule has 3 nitrogen and oxygen atoms in total. The number of rotatable bonds is 3. The van der Waals surface area contributed by atoms with Crippen molar-refractivity contribution in [3.63, 3.8) is 0 Å². The molecule has 88 valence electrons. The smallest absolute Gasteiger partial charge is 0.298 e. The van der Waals surface area contributed by atoms with Gasteiger partial charge in [-0.15, -0.1) is 0 Å². The van der Waals surface area contributed by atoms with E-state index in [1.54, 1.807) is 6.20 Å². The average Bonchev–Trinajstić information content (AvgIpc) is 2.83.